The van der Waals surface area contributed by atoms with Crippen molar-refractivity contribution in [3.63, 3.8) is 0 Å². The first kappa shape index (κ1) is 19.5. The van der Waals surface area contributed by atoms with Crippen LogP contribution in [0, 0.1) is 11.7 Å². The lowest BCUT2D eigenvalue weighted by atomic mass is 10.1. The number of benzene rings is 2. The summed E-state index contributed by atoms with van der Waals surface area (Å²) in [5, 5.41) is 2.65. The molecular weight excluding hydrogens is 363 g/mol. The molecule has 1 heterocycles. The molecule has 28 heavy (non-hydrogen) atoms. The summed E-state index contributed by atoms with van der Waals surface area (Å²) >= 11 is 0. The predicted octanol–water partition coefficient (Wildman–Crippen LogP) is 3.17. The number of rotatable bonds is 5. The van der Waals surface area contributed by atoms with Crippen molar-refractivity contribution in [3.05, 3.63) is 59.4 Å². The molecule has 1 aliphatic heterocycles. The molecule has 0 radical (unpaired) electrons. The van der Waals surface area contributed by atoms with Crippen LogP contribution in [0.3, 0.4) is 0 Å². The summed E-state index contributed by atoms with van der Waals surface area (Å²) in [4.78, 5) is 38.2. The van der Waals surface area contributed by atoms with E-state index in [1.165, 1.54) is 12.1 Å². The number of aryl methyl sites for hydroxylation is 1. The van der Waals surface area contributed by atoms with E-state index >= 15 is 0 Å². The van der Waals surface area contributed by atoms with E-state index in [0.29, 0.717) is 0 Å². The zero-order valence-electron chi connectivity index (χ0n) is 15.7. The number of carbonyl (C=O) groups excluding carboxylic acids is 3. The second-order valence-corrected chi connectivity index (χ2v) is 6.60. The van der Waals surface area contributed by atoms with Gasteiger partial charge in [0.15, 0.2) is 0 Å². The number of esters is 1. The van der Waals surface area contributed by atoms with Gasteiger partial charge in [-0.3, -0.25) is 9.59 Å². The molecule has 7 heteroatoms. The Bertz CT molecular complexity index is 928. The fraction of sp³-hybridized carbons (Fsp3) is 0.286. The first-order valence-electron chi connectivity index (χ1n) is 9.01. The van der Waals surface area contributed by atoms with E-state index < -0.39 is 17.7 Å². The third kappa shape index (κ3) is 4.03. The molecule has 0 aliphatic carbocycles. The van der Waals surface area contributed by atoms with Crippen LogP contribution in [0.5, 0.6) is 0 Å². The number of carbonyl (C=O) groups is 3. The molecule has 6 nitrogen and oxygen atoms in total. The largest absolute Gasteiger partial charge is 0.465 e. The van der Waals surface area contributed by atoms with Gasteiger partial charge >= 0.3 is 5.97 Å². The number of hydrogen-bond donors (Lipinski definition) is 1. The topological polar surface area (TPSA) is 75.7 Å². The lowest BCUT2D eigenvalue weighted by Crippen LogP contribution is -2.28. The summed E-state index contributed by atoms with van der Waals surface area (Å²) < 4.78 is 18.3. The van der Waals surface area contributed by atoms with Gasteiger partial charge in [0.2, 0.25) is 11.8 Å². The highest BCUT2D eigenvalue weighted by atomic mass is 19.1. The van der Waals surface area contributed by atoms with Crippen molar-refractivity contribution in [1.82, 2.24) is 0 Å². The fourth-order valence-electron chi connectivity index (χ4n) is 3.19. The average Bonchev–Trinajstić information content (AvgIpc) is 3.10. The summed E-state index contributed by atoms with van der Waals surface area (Å²) in [5.74, 6) is -2.58. The second kappa shape index (κ2) is 8.21. The van der Waals surface area contributed by atoms with Crippen molar-refractivity contribution < 1.29 is 23.5 Å². The molecule has 2 amide bonds. The van der Waals surface area contributed by atoms with Gasteiger partial charge in [0.25, 0.3) is 0 Å². The van der Waals surface area contributed by atoms with Gasteiger partial charge in [-0.15, -0.1) is 0 Å². The van der Waals surface area contributed by atoms with Crippen molar-refractivity contribution >= 4 is 29.2 Å². The molecule has 0 aromatic heterocycles. The Morgan fingerprint density at radius 3 is 2.75 bits per heavy atom. The highest BCUT2D eigenvalue weighted by Crippen LogP contribution is 2.27. The quantitative estimate of drug-likeness (QED) is 0.804. The van der Waals surface area contributed by atoms with Crippen LogP contribution in [0.2, 0.25) is 0 Å². The van der Waals surface area contributed by atoms with Crippen LogP contribution in [0.4, 0.5) is 15.8 Å². The van der Waals surface area contributed by atoms with Gasteiger partial charge in [0, 0.05) is 24.3 Å². The Morgan fingerprint density at radius 2 is 2.04 bits per heavy atom. The minimum Gasteiger partial charge on any atom is -0.465 e. The van der Waals surface area contributed by atoms with Crippen molar-refractivity contribution in [1.29, 1.82) is 0 Å². The third-order valence-electron chi connectivity index (χ3n) is 4.77. The molecule has 2 aromatic carbocycles. The fourth-order valence-corrected chi connectivity index (χ4v) is 3.19. The van der Waals surface area contributed by atoms with E-state index in [2.05, 4.69) is 10.1 Å². The molecule has 1 fully saturated rings. The van der Waals surface area contributed by atoms with Crippen LogP contribution in [0.25, 0.3) is 0 Å². The molecule has 0 bridgehead atoms. The first-order chi connectivity index (χ1) is 13.4. The molecule has 1 aliphatic rings. The summed E-state index contributed by atoms with van der Waals surface area (Å²) in [6, 6.07) is 11.3. The van der Waals surface area contributed by atoms with E-state index in [-0.39, 0.29) is 36.0 Å². The van der Waals surface area contributed by atoms with E-state index in [1.807, 2.05) is 31.2 Å². The molecule has 0 spiro atoms. The standard InChI is InChI=1S/C21H21FN2O4/c1-3-13-5-4-6-16(9-13)24-12-14(10-19(24)25)20(26)23-15-7-8-18(22)17(11-15)21(27)28-2/h4-9,11,14H,3,10,12H2,1-2H3,(H,23,26). The maximum absolute atomic E-state index is 13.7. The lowest BCUT2D eigenvalue weighted by Gasteiger charge is -2.17. The smallest absolute Gasteiger partial charge is 0.340 e. The molecule has 1 saturated heterocycles. The van der Waals surface area contributed by atoms with Gasteiger partial charge in [0.05, 0.1) is 18.6 Å². The van der Waals surface area contributed by atoms with Gasteiger partial charge in [-0.2, -0.15) is 0 Å². The summed E-state index contributed by atoms with van der Waals surface area (Å²) in [6.45, 7) is 2.30. The summed E-state index contributed by atoms with van der Waals surface area (Å²) in [6.07, 6.45) is 0.945. The minimum absolute atomic E-state index is 0.0905. The molecule has 1 N–H and O–H groups in total. The Hall–Kier alpha value is -3.22. The van der Waals surface area contributed by atoms with Crippen molar-refractivity contribution in [2.75, 3.05) is 23.9 Å². The number of anilines is 2. The van der Waals surface area contributed by atoms with Crippen LogP contribution >= 0.6 is 0 Å². The molecule has 3 rings (SSSR count). The highest BCUT2D eigenvalue weighted by molar-refractivity contribution is 6.04. The van der Waals surface area contributed by atoms with Crippen LogP contribution in [-0.2, 0) is 20.7 Å². The molecule has 1 unspecified atom stereocenters. The van der Waals surface area contributed by atoms with E-state index in [9.17, 15) is 18.8 Å². The molecular formula is C21H21FN2O4. The normalized spacial score (nSPS) is 16.2. The average molecular weight is 384 g/mol. The van der Waals surface area contributed by atoms with Crippen LogP contribution in [0.1, 0.15) is 29.3 Å². The SMILES string of the molecule is CCc1cccc(N2CC(C(=O)Nc3ccc(F)c(C(=O)OC)c3)CC2=O)c1. The summed E-state index contributed by atoms with van der Waals surface area (Å²) in [5.41, 5.74) is 1.89. The van der Waals surface area contributed by atoms with Crippen molar-refractivity contribution in [2.24, 2.45) is 5.92 Å². The Labute approximate surface area is 162 Å². The number of ether oxygens (including phenoxy) is 1. The van der Waals surface area contributed by atoms with E-state index in [1.54, 1.807) is 4.90 Å². The first-order valence-corrected chi connectivity index (χ1v) is 9.01. The maximum Gasteiger partial charge on any atom is 0.340 e. The number of methoxy groups -OCH3 is 1. The predicted molar refractivity (Wildman–Crippen MR) is 103 cm³/mol. The molecule has 2 aromatic rings. The van der Waals surface area contributed by atoms with Crippen molar-refractivity contribution in [2.45, 2.75) is 19.8 Å². The van der Waals surface area contributed by atoms with Gasteiger partial charge in [-0.1, -0.05) is 19.1 Å². The van der Waals surface area contributed by atoms with Crippen LogP contribution < -0.4 is 10.2 Å². The van der Waals surface area contributed by atoms with E-state index in [0.717, 1.165) is 30.8 Å². The minimum atomic E-state index is -0.827. The number of halogens is 1. The van der Waals surface area contributed by atoms with E-state index in [4.69, 9.17) is 0 Å². The zero-order valence-corrected chi connectivity index (χ0v) is 15.7. The maximum atomic E-state index is 13.7. The number of amides is 2. The van der Waals surface area contributed by atoms with Gasteiger partial charge in [-0.25, -0.2) is 9.18 Å². The molecule has 146 valence electrons. The number of nitrogens with zero attached hydrogens (tertiary/aromatic N) is 1. The Balaban J connectivity index is 1.72. The van der Waals surface area contributed by atoms with Crippen LogP contribution in [-0.4, -0.2) is 31.4 Å². The van der Waals surface area contributed by atoms with Crippen LogP contribution in [0.15, 0.2) is 42.5 Å². The number of hydrogen-bond acceptors (Lipinski definition) is 4. The second-order valence-electron chi connectivity index (χ2n) is 6.60. The Kier molecular flexibility index (Phi) is 5.73. The highest BCUT2D eigenvalue weighted by Gasteiger charge is 2.35. The summed E-state index contributed by atoms with van der Waals surface area (Å²) in [7, 11) is 1.15. The van der Waals surface area contributed by atoms with Gasteiger partial charge in [-0.05, 0) is 42.3 Å². The van der Waals surface area contributed by atoms with Gasteiger partial charge < -0.3 is 15.0 Å². The Morgan fingerprint density at radius 1 is 1.25 bits per heavy atom. The monoisotopic (exact) mass is 384 g/mol. The molecule has 0 saturated carbocycles. The third-order valence-corrected chi connectivity index (χ3v) is 4.77. The van der Waals surface area contributed by atoms with Gasteiger partial charge in [0.1, 0.15) is 5.82 Å². The lowest BCUT2D eigenvalue weighted by molar-refractivity contribution is -0.122. The zero-order chi connectivity index (χ0) is 20.3. The van der Waals surface area contributed by atoms with Crippen molar-refractivity contribution in [3.8, 4) is 0 Å². The number of nitrogens with one attached hydrogen (secondary N) is 1. The molecule has 1 atom stereocenters.